The molecule has 0 unspecified atom stereocenters. The summed E-state index contributed by atoms with van der Waals surface area (Å²) in [6.45, 7) is 0. The fraction of sp³-hybridized carbons (Fsp3) is 0.125. The second-order valence-corrected chi connectivity index (χ2v) is 4.20. The van der Waals surface area contributed by atoms with Crippen molar-refractivity contribution in [1.29, 1.82) is 0 Å². The Morgan fingerprint density at radius 1 is 1.62 bits per heavy atom. The molecule has 0 bridgehead atoms. The van der Waals surface area contributed by atoms with Gasteiger partial charge in [0, 0.05) is 3.57 Å². The fourth-order valence-corrected chi connectivity index (χ4v) is 1.63. The second kappa shape index (κ2) is 4.61. The molecule has 13 heavy (non-hydrogen) atoms. The van der Waals surface area contributed by atoms with Crippen molar-refractivity contribution in [1.82, 2.24) is 0 Å². The van der Waals surface area contributed by atoms with Crippen LogP contribution in [0.25, 0.3) is 0 Å². The normalized spacial score (nSPS) is 9.92. The quantitative estimate of drug-likeness (QED) is 0.491. The van der Waals surface area contributed by atoms with Crippen molar-refractivity contribution in [2.75, 3.05) is 6.23 Å². The number of halogens is 1. The van der Waals surface area contributed by atoms with Crippen LogP contribution in [0.15, 0.2) is 18.2 Å². The number of esters is 1. The summed E-state index contributed by atoms with van der Waals surface area (Å²) in [5, 5.41) is 9.34. The van der Waals surface area contributed by atoms with Crippen LogP contribution >= 0.6 is 22.6 Å². The molecule has 1 N–H and O–H groups in total. The van der Waals surface area contributed by atoms with Crippen LogP contribution in [0.2, 0.25) is 0 Å². The van der Waals surface area contributed by atoms with Crippen LogP contribution in [0.5, 0.6) is 5.75 Å². The summed E-state index contributed by atoms with van der Waals surface area (Å²) in [6, 6.07) is 4.83. The van der Waals surface area contributed by atoms with Crippen LogP contribution in [-0.4, -0.2) is 27.5 Å². The summed E-state index contributed by atoms with van der Waals surface area (Å²) in [5.41, 5.74) is 0.239. The third-order valence-electron chi connectivity index (χ3n) is 1.45. The lowest BCUT2D eigenvalue weighted by Gasteiger charge is -2.04. The van der Waals surface area contributed by atoms with Gasteiger partial charge in [0.2, 0.25) is 0 Å². The number of carbonyl (C=O) groups is 1. The molecule has 1 aromatic carbocycles. The molecule has 5 heteroatoms. The van der Waals surface area contributed by atoms with E-state index in [1.165, 1.54) is 6.07 Å². The smallest absolute Gasteiger partial charge is 0.341 e. The van der Waals surface area contributed by atoms with E-state index in [4.69, 9.17) is 4.74 Å². The highest BCUT2D eigenvalue weighted by Crippen LogP contribution is 2.20. The van der Waals surface area contributed by atoms with Crippen LogP contribution in [0.1, 0.15) is 10.4 Å². The standard InChI is InChI=1S/C8H9IO3Si/c9-5-1-2-7(10)6(3-5)8(11)12-4-13/h1-3,10H,4H2,13H3. The van der Waals surface area contributed by atoms with Crippen LogP contribution in [-0.2, 0) is 4.74 Å². The molecule has 0 aliphatic rings. The third-order valence-corrected chi connectivity index (χ3v) is 2.41. The van der Waals surface area contributed by atoms with E-state index < -0.39 is 5.97 Å². The summed E-state index contributed by atoms with van der Waals surface area (Å²) in [5.74, 6) is -0.480. The monoisotopic (exact) mass is 308 g/mol. The van der Waals surface area contributed by atoms with E-state index >= 15 is 0 Å². The Bertz CT molecular complexity index is 327. The van der Waals surface area contributed by atoms with E-state index in [9.17, 15) is 9.90 Å². The Morgan fingerprint density at radius 2 is 2.31 bits per heavy atom. The zero-order valence-corrected chi connectivity index (χ0v) is 11.2. The Hall–Kier alpha value is -0.563. The van der Waals surface area contributed by atoms with E-state index in [0.717, 1.165) is 13.8 Å². The highest BCUT2D eigenvalue weighted by molar-refractivity contribution is 14.1. The van der Waals surface area contributed by atoms with Crippen molar-refractivity contribution in [3.8, 4) is 5.75 Å². The van der Waals surface area contributed by atoms with E-state index in [1.807, 2.05) is 0 Å². The van der Waals surface area contributed by atoms with Gasteiger partial charge in [-0.15, -0.1) is 0 Å². The minimum Gasteiger partial charge on any atom is -0.507 e. The van der Waals surface area contributed by atoms with Crippen molar-refractivity contribution in [3.05, 3.63) is 27.3 Å². The maximum absolute atomic E-state index is 11.3. The molecule has 1 rings (SSSR count). The first kappa shape index (κ1) is 10.5. The number of rotatable bonds is 2. The first-order chi connectivity index (χ1) is 6.15. The number of phenolic OH excluding ortho intramolecular Hbond substituents is 1. The molecular weight excluding hydrogens is 299 g/mol. The predicted molar refractivity (Wildman–Crippen MR) is 61.0 cm³/mol. The van der Waals surface area contributed by atoms with E-state index in [0.29, 0.717) is 6.23 Å². The van der Waals surface area contributed by atoms with Crippen molar-refractivity contribution < 1.29 is 14.6 Å². The Kier molecular flexibility index (Phi) is 3.73. The summed E-state index contributed by atoms with van der Waals surface area (Å²) < 4.78 is 5.72. The molecule has 0 amide bonds. The molecule has 0 aliphatic carbocycles. The van der Waals surface area contributed by atoms with Crippen molar-refractivity contribution in [2.24, 2.45) is 0 Å². The minimum atomic E-state index is -0.453. The Labute approximate surface area is 92.7 Å². The first-order valence-corrected chi connectivity index (χ1v) is 6.30. The molecule has 0 saturated carbocycles. The molecule has 0 saturated heterocycles. The first-order valence-electron chi connectivity index (χ1n) is 3.80. The van der Waals surface area contributed by atoms with Gasteiger partial charge in [0.15, 0.2) is 0 Å². The van der Waals surface area contributed by atoms with Crippen LogP contribution < -0.4 is 0 Å². The summed E-state index contributed by atoms with van der Waals surface area (Å²) in [6.07, 6.45) is 0.448. The number of hydrogen-bond donors (Lipinski definition) is 1. The van der Waals surface area contributed by atoms with E-state index in [1.54, 1.807) is 12.1 Å². The van der Waals surface area contributed by atoms with E-state index in [2.05, 4.69) is 22.6 Å². The molecule has 70 valence electrons. The molecule has 0 heterocycles. The lowest BCUT2D eigenvalue weighted by atomic mass is 10.2. The van der Waals surface area contributed by atoms with Gasteiger partial charge < -0.3 is 9.84 Å². The molecule has 3 nitrogen and oxygen atoms in total. The van der Waals surface area contributed by atoms with Crippen LogP contribution in [0.3, 0.4) is 0 Å². The lowest BCUT2D eigenvalue weighted by Crippen LogP contribution is -2.06. The third kappa shape index (κ3) is 2.70. The maximum atomic E-state index is 11.3. The molecular formula is C8H9IO3Si. The van der Waals surface area contributed by atoms with Gasteiger partial charge in [-0.1, -0.05) is 0 Å². The average Bonchev–Trinajstić information content (AvgIpc) is 2.09. The van der Waals surface area contributed by atoms with Gasteiger partial charge in [-0.2, -0.15) is 0 Å². The van der Waals surface area contributed by atoms with Gasteiger partial charge >= 0.3 is 5.97 Å². The van der Waals surface area contributed by atoms with Gasteiger partial charge in [-0.3, -0.25) is 0 Å². The van der Waals surface area contributed by atoms with Gasteiger partial charge in [0.1, 0.15) is 11.3 Å². The molecule has 0 aromatic heterocycles. The maximum Gasteiger partial charge on any atom is 0.341 e. The molecule has 0 spiro atoms. The zero-order valence-electron chi connectivity index (χ0n) is 7.08. The Morgan fingerprint density at radius 3 is 2.92 bits per heavy atom. The summed E-state index contributed by atoms with van der Waals surface area (Å²) >= 11 is 2.07. The molecule has 0 radical (unpaired) electrons. The topological polar surface area (TPSA) is 46.5 Å². The summed E-state index contributed by atoms with van der Waals surface area (Å²) in [7, 11) is 0.807. The van der Waals surface area contributed by atoms with Crippen LogP contribution in [0, 0.1) is 3.57 Å². The average molecular weight is 308 g/mol. The zero-order chi connectivity index (χ0) is 9.84. The van der Waals surface area contributed by atoms with Gasteiger partial charge in [0.05, 0.1) is 16.5 Å². The summed E-state index contributed by atoms with van der Waals surface area (Å²) in [4.78, 5) is 11.3. The van der Waals surface area contributed by atoms with Crippen molar-refractivity contribution in [2.45, 2.75) is 0 Å². The highest BCUT2D eigenvalue weighted by Gasteiger charge is 2.11. The number of ether oxygens (including phenoxy) is 1. The second-order valence-electron chi connectivity index (χ2n) is 2.38. The van der Waals surface area contributed by atoms with Crippen molar-refractivity contribution >= 4 is 38.8 Å². The number of phenols is 1. The Balaban J connectivity index is 2.99. The number of benzene rings is 1. The van der Waals surface area contributed by atoms with Crippen molar-refractivity contribution in [3.63, 3.8) is 0 Å². The molecule has 0 aliphatic heterocycles. The largest absolute Gasteiger partial charge is 0.507 e. The fourth-order valence-electron chi connectivity index (χ4n) is 0.881. The van der Waals surface area contributed by atoms with Gasteiger partial charge in [-0.25, -0.2) is 4.79 Å². The number of hydrogen-bond acceptors (Lipinski definition) is 3. The van der Waals surface area contributed by atoms with Gasteiger partial charge in [0.25, 0.3) is 0 Å². The van der Waals surface area contributed by atoms with Crippen LogP contribution in [0.4, 0.5) is 0 Å². The van der Waals surface area contributed by atoms with Gasteiger partial charge in [-0.05, 0) is 40.8 Å². The van der Waals surface area contributed by atoms with E-state index in [-0.39, 0.29) is 11.3 Å². The molecule has 0 fully saturated rings. The molecule has 1 aromatic rings. The SMILES string of the molecule is O=C(OC[SiH3])c1cc(I)ccc1O. The highest BCUT2D eigenvalue weighted by atomic mass is 127. The predicted octanol–water partition coefficient (Wildman–Crippen LogP) is 0.476. The lowest BCUT2D eigenvalue weighted by molar-refractivity contribution is 0.0570. The number of aromatic hydroxyl groups is 1. The minimum absolute atomic E-state index is 0.0273. The number of carbonyl (C=O) groups excluding carboxylic acids is 1. The molecule has 0 atom stereocenters.